The number of hydrogen-bond acceptors (Lipinski definition) is 3. The molecule has 0 bridgehead atoms. The van der Waals surface area contributed by atoms with Gasteiger partial charge in [0.2, 0.25) is 5.91 Å². The molecule has 0 fully saturated rings. The third kappa shape index (κ3) is 2.03. The highest BCUT2D eigenvalue weighted by atomic mass is 16.2. The third-order valence-corrected chi connectivity index (χ3v) is 1.25. The molecular weight excluding hydrogens is 144 g/mol. The highest BCUT2D eigenvalue weighted by molar-refractivity contribution is 5.77. The van der Waals surface area contributed by atoms with E-state index in [0.29, 0.717) is 5.69 Å². The SMILES string of the molecule is CN(C)C(=O)Cc1[c]nn[nH]1. The first-order valence-electron chi connectivity index (χ1n) is 3.18. The molecule has 5 heteroatoms. The Kier molecular flexibility index (Phi) is 2.20. The lowest BCUT2D eigenvalue weighted by atomic mass is 10.3. The molecule has 5 nitrogen and oxygen atoms in total. The lowest BCUT2D eigenvalue weighted by molar-refractivity contribution is -0.128. The van der Waals surface area contributed by atoms with Crippen LogP contribution in [0, 0.1) is 6.20 Å². The van der Waals surface area contributed by atoms with Crippen molar-refractivity contribution in [2.24, 2.45) is 0 Å². The molecule has 1 rings (SSSR count). The Hall–Kier alpha value is -1.39. The first-order valence-corrected chi connectivity index (χ1v) is 3.18. The number of rotatable bonds is 2. The summed E-state index contributed by atoms with van der Waals surface area (Å²) in [5.41, 5.74) is 0.615. The van der Waals surface area contributed by atoms with Crippen LogP contribution < -0.4 is 0 Å². The molecule has 0 unspecified atom stereocenters. The Balaban J connectivity index is 2.50. The molecule has 1 N–H and O–H groups in total. The molecule has 1 radical (unpaired) electrons. The molecule has 1 heterocycles. The Morgan fingerprint density at radius 2 is 2.45 bits per heavy atom. The van der Waals surface area contributed by atoms with Crippen LogP contribution >= 0.6 is 0 Å². The summed E-state index contributed by atoms with van der Waals surface area (Å²) in [6, 6.07) is 0. The van der Waals surface area contributed by atoms with Crippen LogP contribution in [0.2, 0.25) is 0 Å². The van der Waals surface area contributed by atoms with E-state index in [4.69, 9.17) is 0 Å². The summed E-state index contributed by atoms with van der Waals surface area (Å²) in [7, 11) is 3.40. The van der Waals surface area contributed by atoms with Gasteiger partial charge in [-0.15, -0.1) is 5.10 Å². The van der Waals surface area contributed by atoms with E-state index in [9.17, 15) is 4.79 Å². The first-order chi connectivity index (χ1) is 5.20. The molecule has 0 aliphatic rings. The van der Waals surface area contributed by atoms with Crippen molar-refractivity contribution in [3.8, 4) is 0 Å². The van der Waals surface area contributed by atoms with Crippen molar-refractivity contribution >= 4 is 5.91 Å². The van der Waals surface area contributed by atoms with Crippen molar-refractivity contribution in [1.29, 1.82) is 0 Å². The van der Waals surface area contributed by atoms with Gasteiger partial charge in [0.05, 0.1) is 12.1 Å². The highest BCUT2D eigenvalue weighted by Crippen LogP contribution is 1.92. The molecule has 59 valence electrons. The van der Waals surface area contributed by atoms with E-state index < -0.39 is 0 Å². The molecule has 0 saturated heterocycles. The minimum atomic E-state index is 0.00676. The molecule has 0 spiro atoms. The predicted molar refractivity (Wildman–Crippen MR) is 37.6 cm³/mol. The standard InChI is InChI=1S/C6H9N4O/c1-10(2)6(11)3-5-4-7-9-8-5/h3H2,1-2H3,(H,7,8,9). The van der Waals surface area contributed by atoms with Crippen molar-refractivity contribution in [3.05, 3.63) is 11.9 Å². The predicted octanol–water partition coefficient (Wildman–Crippen LogP) is -0.764. The molecule has 11 heavy (non-hydrogen) atoms. The zero-order chi connectivity index (χ0) is 8.27. The number of carbonyl (C=O) groups is 1. The van der Waals surface area contributed by atoms with Gasteiger partial charge in [-0.3, -0.25) is 9.89 Å². The number of aromatic amines is 1. The van der Waals surface area contributed by atoms with Crippen molar-refractivity contribution in [1.82, 2.24) is 20.3 Å². The Bertz CT molecular complexity index is 229. The lowest BCUT2D eigenvalue weighted by Crippen LogP contribution is -2.23. The molecular formula is C6H9N4O. The average molecular weight is 153 g/mol. The molecule has 0 aliphatic heterocycles. The quantitative estimate of drug-likeness (QED) is 0.607. The van der Waals surface area contributed by atoms with Gasteiger partial charge in [-0.2, -0.15) is 0 Å². The second kappa shape index (κ2) is 3.14. The van der Waals surface area contributed by atoms with Crippen molar-refractivity contribution in [2.75, 3.05) is 14.1 Å². The van der Waals surface area contributed by atoms with Crippen molar-refractivity contribution in [2.45, 2.75) is 6.42 Å². The van der Waals surface area contributed by atoms with Crippen LogP contribution in [0.25, 0.3) is 0 Å². The van der Waals surface area contributed by atoms with Gasteiger partial charge < -0.3 is 4.90 Å². The number of aromatic nitrogens is 3. The zero-order valence-corrected chi connectivity index (χ0v) is 6.46. The van der Waals surface area contributed by atoms with Gasteiger partial charge in [0.25, 0.3) is 0 Å². The maximum atomic E-state index is 11.0. The van der Waals surface area contributed by atoms with E-state index in [2.05, 4.69) is 21.6 Å². The number of nitrogens with one attached hydrogen (secondary N) is 1. The molecule has 0 atom stereocenters. The fourth-order valence-electron chi connectivity index (χ4n) is 0.584. The van der Waals surface area contributed by atoms with E-state index in [-0.39, 0.29) is 12.3 Å². The molecule has 1 aromatic heterocycles. The number of hydrogen-bond donors (Lipinski definition) is 1. The number of nitrogens with zero attached hydrogens (tertiary/aromatic N) is 3. The van der Waals surface area contributed by atoms with E-state index in [1.54, 1.807) is 14.1 Å². The van der Waals surface area contributed by atoms with Crippen LogP contribution in [-0.4, -0.2) is 40.3 Å². The fraction of sp³-hybridized carbons (Fsp3) is 0.500. The molecule has 0 aliphatic carbocycles. The number of H-pyrrole nitrogens is 1. The Morgan fingerprint density at radius 1 is 1.73 bits per heavy atom. The summed E-state index contributed by atoms with van der Waals surface area (Å²) in [5.74, 6) is 0.00676. The van der Waals surface area contributed by atoms with Gasteiger partial charge in [0.15, 0.2) is 0 Å². The fourth-order valence-corrected chi connectivity index (χ4v) is 0.584. The van der Waals surface area contributed by atoms with Crippen LogP contribution in [0.5, 0.6) is 0 Å². The smallest absolute Gasteiger partial charge is 0.228 e. The molecule has 1 amide bonds. The van der Waals surface area contributed by atoms with Gasteiger partial charge in [-0.1, -0.05) is 5.21 Å². The van der Waals surface area contributed by atoms with Crippen molar-refractivity contribution in [3.63, 3.8) is 0 Å². The van der Waals surface area contributed by atoms with E-state index in [1.807, 2.05) is 0 Å². The second-order valence-corrected chi connectivity index (χ2v) is 2.37. The maximum Gasteiger partial charge on any atom is 0.228 e. The lowest BCUT2D eigenvalue weighted by Gasteiger charge is -2.07. The second-order valence-electron chi connectivity index (χ2n) is 2.37. The summed E-state index contributed by atoms with van der Waals surface area (Å²) in [4.78, 5) is 12.5. The Morgan fingerprint density at radius 3 is 2.91 bits per heavy atom. The molecule has 1 aromatic rings. The van der Waals surface area contributed by atoms with E-state index in [1.165, 1.54) is 4.90 Å². The van der Waals surface area contributed by atoms with Crippen LogP contribution in [0.15, 0.2) is 0 Å². The van der Waals surface area contributed by atoms with Crippen LogP contribution in [0.4, 0.5) is 0 Å². The van der Waals surface area contributed by atoms with Crippen LogP contribution in [0.3, 0.4) is 0 Å². The first kappa shape index (κ1) is 7.71. The summed E-state index contributed by atoms with van der Waals surface area (Å²) >= 11 is 0. The Labute approximate surface area is 64.4 Å². The minimum Gasteiger partial charge on any atom is -0.348 e. The number of likely N-dealkylation sites (N-methyl/N-ethyl adjacent to an activating group) is 1. The minimum absolute atomic E-state index is 0.00676. The normalized spacial score (nSPS) is 9.64. The number of carbonyl (C=O) groups excluding carboxylic acids is 1. The summed E-state index contributed by atoms with van der Waals surface area (Å²) in [6.45, 7) is 0. The zero-order valence-electron chi connectivity index (χ0n) is 6.46. The summed E-state index contributed by atoms with van der Waals surface area (Å²) in [5, 5.41) is 9.43. The largest absolute Gasteiger partial charge is 0.348 e. The van der Waals surface area contributed by atoms with Gasteiger partial charge >= 0.3 is 0 Å². The monoisotopic (exact) mass is 153 g/mol. The van der Waals surface area contributed by atoms with E-state index in [0.717, 1.165) is 0 Å². The van der Waals surface area contributed by atoms with Gasteiger partial charge in [-0.25, -0.2) is 0 Å². The van der Waals surface area contributed by atoms with Gasteiger partial charge in [-0.05, 0) is 0 Å². The molecule has 0 aromatic carbocycles. The van der Waals surface area contributed by atoms with Crippen LogP contribution in [0.1, 0.15) is 5.69 Å². The maximum absolute atomic E-state index is 11.0. The topological polar surface area (TPSA) is 61.9 Å². The third-order valence-electron chi connectivity index (χ3n) is 1.25. The average Bonchev–Trinajstić information content (AvgIpc) is 2.39. The van der Waals surface area contributed by atoms with Gasteiger partial charge in [0, 0.05) is 14.1 Å². The summed E-state index contributed by atoms with van der Waals surface area (Å²) < 4.78 is 0. The van der Waals surface area contributed by atoms with Crippen LogP contribution in [-0.2, 0) is 11.2 Å². The summed E-state index contributed by atoms with van der Waals surface area (Å²) in [6.07, 6.45) is 2.84. The van der Waals surface area contributed by atoms with Gasteiger partial charge in [0.1, 0.15) is 6.20 Å². The van der Waals surface area contributed by atoms with Crippen molar-refractivity contribution < 1.29 is 4.79 Å². The highest BCUT2D eigenvalue weighted by Gasteiger charge is 2.06. The van der Waals surface area contributed by atoms with E-state index >= 15 is 0 Å². The number of amides is 1. The molecule has 0 saturated carbocycles.